The fraction of sp³-hybridized carbons (Fsp3) is 0.600. The Balaban J connectivity index is 2.50. The Morgan fingerprint density at radius 1 is 1.15 bits per heavy atom. The maximum Gasteiger partial charge on any atom is 0.417 e. The zero-order valence-electron chi connectivity index (χ0n) is 16.8. The molecule has 2 rings (SSSR count). The van der Waals surface area contributed by atoms with Crippen molar-refractivity contribution in [3.8, 4) is 0 Å². The molecule has 0 fully saturated rings. The van der Waals surface area contributed by atoms with Crippen molar-refractivity contribution in [1.29, 1.82) is 0 Å². The van der Waals surface area contributed by atoms with Gasteiger partial charge in [0.2, 0.25) is 0 Å². The summed E-state index contributed by atoms with van der Waals surface area (Å²) in [4.78, 5) is 17.4. The summed E-state index contributed by atoms with van der Waals surface area (Å²) in [5.74, 6) is -0.403. The van der Waals surface area contributed by atoms with Crippen LogP contribution in [0.4, 0.5) is 13.2 Å². The number of hydrogen-bond acceptors (Lipinski definition) is 2. The molecule has 0 spiro atoms. The minimum absolute atomic E-state index is 0.00797. The minimum Gasteiger partial charge on any atom is -0.346 e. The van der Waals surface area contributed by atoms with E-state index >= 15 is 0 Å². The van der Waals surface area contributed by atoms with E-state index in [1.165, 1.54) is 10.5 Å². The smallest absolute Gasteiger partial charge is 0.346 e. The third kappa shape index (κ3) is 5.23. The van der Waals surface area contributed by atoms with Gasteiger partial charge in [0.15, 0.2) is 0 Å². The number of carbonyl (C=O) groups excluding carboxylic acids is 1. The maximum absolute atomic E-state index is 13.1. The van der Waals surface area contributed by atoms with Crippen LogP contribution >= 0.6 is 0 Å². The first-order valence-electron chi connectivity index (χ1n) is 9.14. The van der Waals surface area contributed by atoms with E-state index in [9.17, 15) is 18.0 Å². The molecule has 2 aromatic rings. The Bertz CT molecular complexity index is 829. The first kappa shape index (κ1) is 21.3. The van der Waals surface area contributed by atoms with E-state index < -0.39 is 23.2 Å². The number of nitrogens with one attached hydrogen (secondary N) is 1. The maximum atomic E-state index is 13.1. The van der Waals surface area contributed by atoms with Gasteiger partial charge in [0.25, 0.3) is 5.91 Å². The van der Waals surface area contributed by atoms with E-state index in [0.29, 0.717) is 17.8 Å². The van der Waals surface area contributed by atoms with Gasteiger partial charge >= 0.3 is 6.18 Å². The molecule has 1 N–H and O–H groups in total. The standard InChI is InChI=1S/C20H28F3N3O/c1-7-8-14-16(17(27)25-19(5,6)12-18(2,3)4)26-11-13(20(21,22)23)9-10-15(26)24-14/h9-11H,7-8,12H2,1-6H3,(H,25,27). The first-order valence-corrected chi connectivity index (χ1v) is 9.14. The second-order valence-corrected chi connectivity index (χ2v) is 8.88. The molecular weight excluding hydrogens is 355 g/mol. The molecule has 0 saturated heterocycles. The zero-order chi connectivity index (χ0) is 20.6. The first-order chi connectivity index (χ1) is 12.2. The number of fused-ring (bicyclic) bond motifs is 1. The highest BCUT2D eigenvalue weighted by atomic mass is 19.4. The lowest BCUT2D eigenvalue weighted by Gasteiger charge is -2.33. The Morgan fingerprint density at radius 3 is 2.30 bits per heavy atom. The number of amides is 1. The molecule has 0 aliphatic carbocycles. The quantitative estimate of drug-likeness (QED) is 0.766. The van der Waals surface area contributed by atoms with Gasteiger partial charge in [-0.05, 0) is 44.2 Å². The van der Waals surface area contributed by atoms with E-state index in [0.717, 1.165) is 25.1 Å². The van der Waals surface area contributed by atoms with Gasteiger partial charge in [-0.1, -0.05) is 34.1 Å². The van der Waals surface area contributed by atoms with Crippen LogP contribution in [0.5, 0.6) is 0 Å². The van der Waals surface area contributed by atoms with E-state index in [-0.39, 0.29) is 11.1 Å². The predicted octanol–water partition coefficient (Wildman–Crippen LogP) is 5.25. The number of alkyl halides is 3. The molecule has 1 amide bonds. The highest BCUT2D eigenvalue weighted by Crippen LogP contribution is 2.31. The molecular formula is C20H28F3N3O. The lowest BCUT2D eigenvalue weighted by atomic mass is 9.81. The number of carbonyl (C=O) groups is 1. The second kappa shape index (κ2) is 7.17. The van der Waals surface area contributed by atoms with Crippen molar-refractivity contribution >= 4 is 11.6 Å². The van der Waals surface area contributed by atoms with Gasteiger partial charge in [-0.25, -0.2) is 4.98 Å². The molecule has 0 radical (unpaired) electrons. The van der Waals surface area contributed by atoms with Crippen LogP contribution in [0, 0.1) is 5.41 Å². The molecule has 0 aliphatic heterocycles. The number of nitrogens with zero attached hydrogens (tertiary/aromatic N) is 2. The van der Waals surface area contributed by atoms with E-state index in [1.54, 1.807) is 0 Å². The molecule has 0 aromatic carbocycles. The summed E-state index contributed by atoms with van der Waals surface area (Å²) in [6.07, 6.45) is -1.55. The van der Waals surface area contributed by atoms with Crippen molar-refractivity contribution in [2.75, 3.05) is 0 Å². The highest BCUT2D eigenvalue weighted by Gasteiger charge is 2.33. The normalized spacial score (nSPS) is 13.2. The SMILES string of the molecule is CCCc1nc2ccc(C(F)(F)F)cn2c1C(=O)NC(C)(C)CC(C)(C)C. The molecule has 7 heteroatoms. The average molecular weight is 383 g/mol. The van der Waals surface area contributed by atoms with Crippen molar-refractivity contribution in [2.24, 2.45) is 5.41 Å². The van der Waals surface area contributed by atoms with Crippen LogP contribution in [0.1, 0.15) is 76.1 Å². The van der Waals surface area contributed by atoms with Gasteiger partial charge in [0, 0.05) is 11.7 Å². The number of halogens is 3. The predicted molar refractivity (Wildman–Crippen MR) is 99.8 cm³/mol. The molecule has 2 aromatic heterocycles. The Hall–Kier alpha value is -2.05. The highest BCUT2D eigenvalue weighted by molar-refractivity contribution is 5.95. The summed E-state index contributed by atoms with van der Waals surface area (Å²) < 4.78 is 40.6. The second-order valence-electron chi connectivity index (χ2n) is 8.88. The lowest BCUT2D eigenvalue weighted by molar-refractivity contribution is -0.137. The number of hydrogen-bond donors (Lipinski definition) is 1. The van der Waals surface area contributed by atoms with Crippen LogP contribution in [-0.4, -0.2) is 20.8 Å². The molecule has 0 atom stereocenters. The molecule has 4 nitrogen and oxygen atoms in total. The molecule has 27 heavy (non-hydrogen) atoms. The fourth-order valence-corrected chi connectivity index (χ4v) is 3.65. The van der Waals surface area contributed by atoms with E-state index in [1.807, 2.05) is 20.8 Å². The Morgan fingerprint density at radius 2 is 1.78 bits per heavy atom. The molecule has 0 bridgehead atoms. The largest absolute Gasteiger partial charge is 0.417 e. The summed E-state index contributed by atoms with van der Waals surface area (Å²) in [5, 5.41) is 2.98. The van der Waals surface area contributed by atoms with Crippen LogP contribution < -0.4 is 5.32 Å². The van der Waals surface area contributed by atoms with Crippen LogP contribution in [-0.2, 0) is 12.6 Å². The summed E-state index contributed by atoms with van der Waals surface area (Å²) >= 11 is 0. The number of aromatic nitrogens is 2. The Labute approximate surface area is 158 Å². The average Bonchev–Trinajstić information content (AvgIpc) is 2.80. The van der Waals surface area contributed by atoms with E-state index in [4.69, 9.17) is 0 Å². The van der Waals surface area contributed by atoms with Crippen molar-refractivity contribution in [3.63, 3.8) is 0 Å². The summed E-state index contributed by atoms with van der Waals surface area (Å²) in [7, 11) is 0. The molecule has 2 heterocycles. The van der Waals surface area contributed by atoms with Gasteiger partial charge < -0.3 is 5.32 Å². The zero-order valence-corrected chi connectivity index (χ0v) is 16.8. The van der Waals surface area contributed by atoms with Crippen molar-refractivity contribution < 1.29 is 18.0 Å². The summed E-state index contributed by atoms with van der Waals surface area (Å²) in [6.45, 7) is 12.0. The lowest BCUT2D eigenvalue weighted by Crippen LogP contribution is -2.46. The monoisotopic (exact) mass is 383 g/mol. The fourth-order valence-electron chi connectivity index (χ4n) is 3.65. The molecule has 0 unspecified atom stereocenters. The van der Waals surface area contributed by atoms with E-state index in [2.05, 4.69) is 31.1 Å². The number of imidazole rings is 1. The van der Waals surface area contributed by atoms with Crippen LogP contribution in [0.15, 0.2) is 18.3 Å². The summed E-state index contributed by atoms with van der Waals surface area (Å²) in [6, 6.07) is 2.29. The molecule has 150 valence electrons. The van der Waals surface area contributed by atoms with Gasteiger partial charge in [0.1, 0.15) is 11.3 Å². The van der Waals surface area contributed by atoms with Gasteiger partial charge in [-0.2, -0.15) is 13.2 Å². The van der Waals surface area contributed by atoms with Crippen LogP contribution in [0.3, 0.4) is 0 Å². The third-order valence-electron chi connectivity index (χ3n) is 4.14. The number of aryl methyl sites for hydroxylation is 1. The van der Waals surface area contributed by atoms with Gasteiger partial charge in [-0.15, -0.1) is 0 Å². The van der Waals surface area contributed by atoms with Crippen molar-refractivity contribution in [2.45, 2.75) is 72.5 Å². The number of rotatable bonds is 5. The summed E-state index contributed by atoms with van der Waals surface area (Å²) in [5.41, 5.74) is -0.291. The van der Waals surface area contributed by atoms with Crippen LogP contribution in [0.2, 0.25) is 0 Å². The molecule has 0 aliphatic rings. The van der Waals surface area contributed by atoms with Crippen molar-refractivity contribution in [3.05, 3.63) is 35.3 Å². The number of pyridine rings is 1. The topological polar surface area (TPSA) is 46.4 Å². The van der Waals surface area contributed by atoms with Gasteiger partial charge in [0.05, 0.1) is 11.3 Å². The van der Waals surface area contributed by atoms with Crippen molar-refractivity contribution in [1.82, 2.24) is 14.7 Å². The minimum atomic E-state index is -4.48. The Kier molecular flexibility index (Phi) is 5.64. The van der Waals surface area contributed by atoms with Gasteiger partial charge in [-0.3, -0.25) is 9.20 Å². The third-order valence-corrected chi connectivity index (χ3v) is 4.14. The van der Waals surface area contributed by atoms with Crippen LogP contribution in [0.25, 0.3) is 5.65 Å². The molecule has 0 saturated carbocycles.